The summed E-state index contributed by atoms with van der Waals surface area (Å²) in [7, 11) is 0. The molecule has 1 amide bonds. The Morgan fingerprint density at radius 2 is 1.65 bits per heavy atom. The minimum absolute atomic E-state index is 0.279. The second-order valence-corrected chi connectivity index (χ2v) is 8.27. The minimum atomic E-state index is -4.58. The average molecular weight is 487 g/mol. The standard InChI is InChI=1S/C23H18ClF3N6O/c24-15-5-7-20-28-19(14-33(20)13-15)18-6-8-21(30-29-18)31-9-11-32(12-10-31)22(34)16-3-1-2-4-17(16)23(25,26)27/h1-8,13-14H,9-12H2. The van der Waals surface area contributed by atoms with Gasteiger partial charge in [-0.25, -0.2) is 4.98 Å². The largest absolute Gasteiger partial charge is 0.417 e. The third-order valence-electron chi connectivity index (χ3n) is 5.68. The third kappa shape index (κ3) is 4.28. The van der Waals surface area contributed by atoms with Gasteiger partial charge in [-0.2, -0.15) is 13.2 Å². The van der Waals surface area contributed by atoms with E-state index >= 15 is 0 Å². The molecular formula is C23H18ClF3N6O. The Hall–Kier alpha value is -3.66. The summed E-state index contributed by atoms with van der Waals surface area (Å²) >= 11 is 6.02. The summed E-state index contributed by atoms with van der Waals surface area (Å²) in [6, 6.07) is 12.1. The van der Waals surface area contributed by atoms with Crippen LogP contribution in [-0.4, -0.2) is 56.6 Å². The van der Waals surface area contributed by atoms with Gasteiger partial charge < -0.3 is 14.2 Å². The smallest absolute Gasteiger partial charge is 0.352 e. The van der Waals surface area contributed by atoms with Gasteiger partial charge in [-0.1, -0.05) is 23.7 Å². The molecule has 4 aromatic rings. The quantitative estimate of drug-likeness (QED) is 0.429. The van der Waals surface area contributed by atoms with Crippen molar-refractivity contribution in [2.45, 2.75) is 6.18 Å². The maximum absolute atomic E-state index is 13.3. The molecule has 0 aliphatic carbocycles. The first-order chi connectivity index (χ1) is 16.3. The molecular weight excluding hydrogens is 469 g/mol. The van der Waals surface area contributed by atoms with Gasteiger partial charge in [0, 0.05) is 38.6 Å². The van der Waals surface area contributed by atoms with Crippen LogP contribution in [0, 0.1) is 0 Å². The Labute approximate surface area is 197 Å². The number of benzene rings is 1. The first-order valence-corrected chi connectivity index (χ1v) is 10.9. The lowest BCUT2D eigenvalue weighted by atomic mass is 10.1. The second kappa shape index (κ2) is 8.60. The fourth-order valence-electron chi connectivity index (χ4n) is 3.94. The Morgan fingerprint density at radius 3 is 2.35 bits per heavy atom. The van der Waals surface area contributed by atoms with Crippen molar-refractivity contribution in [1.29, 1.82) is 0 Å². The highest BCUT2D eigenvalue weighted by atomic mass is 35.5. The van der Waals surface area contributed by atoms with Crippen LogP contribution in [0.5, 0.6) is 0 Å². The Kier molecular flexibility index (Phi) is 5.60. The highest BCUT2D eigenvalue weighted by Gasteiger charge is 2.36. The maximum atomic E-state index is 13.3. The van der Waals surface area contributed by atoms with Crippen LogP contribution < -0.4 is 4.90 Å². The third-order valence-corrected chi connectivity index (χ3v) is 5.91. The van der Waals surface area contributed by atoms with Crippen LogP contribution in [0.4, 0.5) is 19.0 Å². The molecule has 0 bridgehead atoms. The number of carbonyl (C=O) groups is 1. The fourth-order valence-corrected chi connectivity index (χ4v) is 4.11. The lowest BCUT2D eigenvalue weighted by molar-refractivity contribution is -0.138. The van der Waals surface area contributed by atoms with Crippen molar-refractivity contribution in [2.75, 3.05) is 31.1 Å². The highest BCUT2D eigenvalue weighted by molar-refractivity contribution is 6.30. The summed E-state index contributed by atoms with van der Waals surface area (Å²) in [6.45, 7) is 1.42. The summed E-state index contributed by atoms with van der Waals surface area (Å²) in [4.78, 5) is 20.7. The van der Waals surface area contributed by atoms with Crippen LogP contribution >= 0.6 is 11.6 Å². The van der Waals surface area contributed by atoms with E-state index in [1.54, 1.807) is 16.7 Å². The summed E-state index contributed by atoms with van der Waals surface area (Å²) in [5.74, 6) is -0.000641. The lowest BCUT2D eigenvalue weighted by Gasteiger charge is -2.35. The summed E-state index contributed by atoms with van der Waals surface area (Å²) < 4.78 is 41.7. The number of alkyl halides is 3. The normalized spacial score (nSPS) is 14.6. The van der Waals surface area contributed by atoms with Crippen LogP contribution in [0.2, 0.25) is 5.02 Å². The number of nitrogens with zero attached hydrogens (tertiary/aromatic N) is 6. The summed E-state index contributed by atoms with van der Waals surface area (Å²) in [5, 5.41) is 9.16. The van der Waals surface area contributed by atoms with Gasteiger partial charge in [-0.05, 0) is 36.4 Å². The van der Waals surface area contributed by atoms with Crippen LogP contribution in [0.25, 0.3) is 17.0 Å². The number of fused-ring (bicyclic) bond motifs is 1. The maximum Gasteiger partial charge on any atom is 0.417 e. The molecule has 0 radical (unpaired) electrons. The van der Waals surface area contributed by atoms with Gasteiger partial charge in [-0.3, -0.25) is 4.79 Å². The highest BCUT2D eigenvalue weighted by Crippen LogP contribution is 2.32. The predicted octanol–water partition coefficient (Wildman–Crippen LogP) is 4.43. The van der Waals surface area contributed by atoms with Gasteiger partial charge in [0.1, 0.15) is 17.0 Å². The molecule has 0 atom stereocenters. The van der Waals surface area contributed by atoms with E-state index in [1.165, 1.54) is 23.1 Å². The van der Waals surface area contributed by atoms with E-state index in [2.05, 4.69) is 15.2 Å². The van der Waals surface area contributed by atoms with E-state index in [1.807, 2.05) is 29.3 Å². The molecule has 1 aromatic carbocycles. The van der Waals surface area contributed by atoms with E-state index in [0.717, 1.165) is 11.7 Å². The molecule has 7 nitrogen and oxygen atoms in total. The molecule has 4 heterocycles. The number of piperazine rings is 1. The number of amides is 1. The van der Waals surface area contributed by atoms with Gasteiger partial charge in [0.25, 0.3) is 5.91 Å². The molecule has 3 aromatic heterocycles. The number of halogens is 4. The van der Waals surface area contributed by atoms with Crippen LogP contribution in [0.3, 0.4) is 0 Å². The number of rotatable bonds is 3. The molecule has 34 heavy (non-hydrogen) atoms. The van der Waals surface area contributed by atoms with Gasteiger partial charge in [0.05, 0.1) is 16.1 Å². The second-order valence-electron chi connectivity index (χ2n) is 7.84. The van der Waals surface area contributed by atoms with E-state index in [4.69, 9.17) is 11.6 Å². The zero-order valence-electron chi connectivity index (χ0n) is 17.7. The average Bonchev–Trinajstić information content (AvgIpc) is 3.26. The summed E-state index contributed by atoms with van der Waals surface area (Å²) in [6.07, 6.45) is -1.02. The first kappa shape index (κ1) is 22.1. The van der Waals surface area contributed by atoms with Crippen molar-refractivity contribution in [1.82, 2.24) is 24.5 Å². The van der Waals surface area contributed by atoms with Gasteiger partial charge in [0.15, 0.2) is 5.82 Å². The van der Waals surface area contributed by atoms with E-state index in [-0.39, 0.29) is 18.7 Å². The molecule has 1 aliphatic heterocycles. The SMILES string of the molecule is O=C(c1ccccc1C(F)(F)F)N1CCN(c2ccc(-c3cn4cc(Cl)ccc4n3)nn2)CC1. The lowest BCUT2D eigenvalue weighted by Crippen LogP contribution is -2.49. The number of imidazole rings is 1. The van der Waals surface area contributed by atoms with Crippen molar-refractivity contribution >= 4 is 29.0 Å². The van der Waals surface area contributed by atoms with Crippen molar-refractivity contribution in [3.8, 4) is 11.4 Å². The van der Waals surface area contributed by atoms with E-state index in [0.29, 0.717) is 35.3 Å². The number of hydrogen-bond donors (Lipinski definition) is 0. The molecule has 0 unspecified atom stereocenters. The molecule has 0 saturated carbocycles. The Bertz CT molecular complexity index is 1350. The zero-order valence-corrected chi connectivity index (χ0v) is 18.5. The molecule has 5 rings (SSSR count). The number of hydrogen-bond acceptors (Lipinski definition) is 5. The van der Waals surface area contributed by atoms with E-state index in [9.17, 15) is 18.0 Å². The van der Waals surface area contributed by atoms with Crippen molar-refractivity contribution in [3.63, 3.8) is 0 Å². The minimum Gasteiger partial charge on any atom is -0.352 e. The molecule has 0 N–H and O–H groups in total. The van der Waals surface area contributed by atoms with Gasteiger partial charge in [0.2, 0.25) is 0 Å². The van der Waals surface area contributed by atoms with Gasteiger partial charge in [-0.15, -0.1) is 10.2 Å². The zero-order chi connectivity index (χ0) is 23.9. The van der Waals surface area contributed by atoms with Crippen molar-refractivity contribution < 1.29 is 18.0 Å². The monoisotopic (exact) mass is 486 g/mol. The summed E-state index contributed by atoms with van der Waals surface area (Å²) in [5.41, 5.74) is 0.735. The first-order valence-electron chi connectivity index (χ1n) is 10.5. The molecule has 11 heteroatoms. The van der Waals surface area contributed by atoms with Crippen LogP contribution in [0.1, 0.15) is 15.9 Å². The van der Waals surface area contributed by atoms with Crippen LogP contribution in [0.15, 0.2) is 60.9 Å². The molecule has 1 fully saturated rings. The topological polar surface area (TPSA) is 66.6 Å². The van der Waals surface area contributed by atoms with Crippen molar-refractivity contribution in [2.24, 2.45) is 0 Å². The Balaban J connectivity index is 1.27. The number of pyridine rings is 1. The predicted molar refractivity (Wildman–Crippen MR) is 121 cm³/mol. The number of carbonyl (C=O) groups excluding carboxylic acids is 1. The van der Waals surface area contributed by atoms with Crippen molar-refractivity contribution in [3.05, 3.63) is 77.1 Å². The van der Waals surface area contributed by atoms with E-state index < -0.39 is 17.6 Å². The van der Waals surface area contributed by atoms with Crippen LogP contribution in [-0.2, 0) is 6.18 Å². The molecule has 1 saturated heterocycles. The van der Waals surface area contributed by atoms with Gasteiger partial charge >= 0.3 is 6.18 Å². The number of anilines is 1. The molecule has 174 valence electrons. The molecule has 0 spiro atoms. The number of aromatic nitrogens is 4. The molecule has 1 aliphatic rings. The Morgan fingerprint density at radius 1 is 0.882 bits per heavy atom. The fraction of sp³-hybridized carbons (Fsp3) is 0.217.